The molecule has 2 N–H and O–H groups in total. The number of aryl methyl sites for hydroxylation is 1. The van der Waals surface area contributed by atoms with Crippen molar-refractivity contribution < 1.29 is 22.7 Å². The number of fused-ring (bicyclic) bond motifs is 1. The number of alkyl halides is 3. The predicted octanol–water partition coefficient (Wildman–Crippen LogP) is 5.49. The molecule has 0 aliphatic heterocycles. The van der Waals surface area contributed by atoms with Gasteiger partial charge in [-0.2, -0.15) is 13.2 Å². The fourth-order valence-electron chi connectivity index (χ4n) is 4.22. The first-order valence-electron chi connectivity index (χ1n) is 12.7. The number of imidazole rings is 1. The Morgan fingerprint density at radius 2 is 1.86 bits per heavy atom. The third-order valence-electron chi connectivity index (χ3n) is 6.42. The van der Waals surface area contributed by atoms with Gasteiger partial charge >= 0.3 is 6.18 Å². The van der Waals surface area contributed by atoms with Gasteiger partial charge in [-0.15, -0.1) is 0 Å². The Hall–Kier alpha value is -4.36. The van der Waals surface area contributed by atoms with Crippen molar-refractivity contribution in [3.05, 3.63) is 59.8 Å². The zero-order valence-electron chi connectivity index (χ0n) is 23.6. The average molecular weight is 603 g/mol. The van der Waals surface area contributed by atoms with Crippen LogP contribution >= 0.6 is 11.6 Å². The Balaban J connectivity index is 1.71. The lowest BCUT2D eigenvalue weighted by molar-refractivity contribution is -0.137. The minimum absolute atomic E-state index is 0.181. The molecule has 0 fully saturated rings. The van der Waals surface area contributed by atoms with Crippen molar-refractivity contribution in [2.24, 2.45) is 7.05 Å². The molecule has 0 aliphatic rings. The molecule has 0 saturated carbocycles. The smallest absolute Gasteiger partial charge is 0.416 e. The summed E-state index contributed by atoms with van der Waals surface area (Å²) in [5.41, 5.74) is 3.11. The molecule has 4 aromatic rings. The molecular formula is C28H30ClF3N8O2. The molecule has 0 saturated heterocycles. The second-order valence-corrected chi connectivity index (χ2v) is 9.91. The lowest BCUT2D eigenvalue weighted by atomic mass is 10.2. The van der Waals surface area contributed by atoms with Gasteiger partial charge in [-0.3, -0.25) is 4.79 Å². The van der Waals surface area contributed by atoms with Gasteiger partial charge in [-0.1, -0.05) is 11.6 Å². The number of nitrogens with zero attached hydrogens (tertiary/aromatic N) is 6. The van der Waals surface area contributed by atoms with Crippen LogP contribution in [-0.2, 0) is 18.0 Å². The molecule has 10 nitrogen and oxygen atoms in total. The molecule has 42 heavy (non-hydrogen) atoms. The summed E-state index contributed by atoms with van der Waals surface area (Å²) < 4.78 is 47.0. The molecule has 1 amide bonds. The molecule has 0 radical (unpaired) electrons. The first kappa shape index (κ1) is 30.6. The lowest BCUT2D eigenvalue weighted by Gasteiger charge is -2.26. The number of likely N-dealkylation sites (N-methyl/N-ethyl adjacent to an activating group) is 2. The van der Waals surface area contributed by atoms with Crippen LogP contribution in [0.1, 0.15) is 5.56 Å². The topological polar surface area (TPSA) is 100 Å². The van der Waals surface area contributed by atoms with E-state index in [0.717, 1.165) is 24.2 Å². The summed E-state index contributed by atoms with van der Waals surface area (Å²) in [6.45, 7) is 1.44. The monoisotopic (exact) mass is 602 g/mol. The van der Waals surface area contributed by atoms with E-state index in [9.17, 15) is 18.0 Å². The molecule has 0 unspecified atom stereocenters. The summed E-state index contributed by atoms with van der Waals surface area (Å²) >= 11 is 5.60. The molecule has 0 aliphatic carbocycles. The fourth-order valence-corrected chi connectivity index (χ4v) is 4.34. The largest absolute Gasteiger partial charge is 0.494 e. The van der Waals surface area contributed by atoms with Crippen LogP contribution in [0.4, 0.5) is 36.2 Å². The maximum absolute atomic E-state index is 13.2. The van der Waals surface area contributed by atoms with Crippen LogP contribution in [0, 0.1) is 0 Å². The third-order valence-corrected chi connectivity index (χ3v) is 6.55. The molecule has 0 spiro atoms. The Kier molecular flexibility index (Phi) is 9.22. The van der Waals surface area contributed by atoms with E-state index in [1.807, 2.05) is 30.9 Å². The van der Waals surface area contributed by atoms with Gasteiger partial charge < -0.3 is 29.7 Å². The quantitative estimate of drug-likeness (QED) is 0.230. The molecule has 14 heteroatoms. The summed E-state index contributed by atoms with van der Waals surface area (Å²) in [7, 11) is 9.06. The van der Waals surface area contributed by atoms with Crippen molar-refractivity contribution >= 4 is 51.6 Å². The van der Waals surface area contributed by atoms with E-state index >= 15 is 0 Å². The maximum atomic E-state index is 13.2. The molecule has 2 heterocycles. The minimum Gasteiger partial charge on any atom is -0.494 e. The summed E-state index contributed by atoms with van der Waals surface area (Å²) in [5.74, 6) is 0.585. The molecule has 222 valence electrons. The highest BCUT2D eigenvalue weighted by Crippen LogP contribution is 2.38. The highest BCUT2D eigenvalue weighted by molar-refractivity contribution is 6.27. The Morgan fingerprint density at radius 1 is 1.10 bits per heavy atom. The fraction of sp³-hybridized carbons (Fsp3) is 0.286. The predicted molar refractivity (Wildman–Crippen MR) is 158 cm³/mol. The summed E-state index contributed by atoms with van der Waals surface area (Å²) in [6, 6.07) is 8.51. The van der Waals surface area contributed by atoms with Crippen molar-refractivity contribution in [1.82, 2.24) is 24.4 Å². The zero-order chi connectivity index (χ0) is 30.6. The SMILES string of the molecule is COc1cc(N(C)CCN(C)C)c(NC(=O)C=CCl)cc1Nc1nccc(-c2nc3cc(C(F)(F)F)ccc3n2C)n1. The molecule has 0 bridgehead atoms. The first-order chi connectivity index (χ1) is 19.9. The normalized spacial score (nSPS) is 11.9. The number of nitrogens with one attached hydrogen (secondary N) is 2. The molecular weight excluding hydrogens is 573 g/mol. The number of anilines is 4. The second-order valence-electron chi connectivity index (χ2n) is 9.66. The zero-order valence-corrected chi connectivity index (χ0v) is 24.4. The average Bonchev–Trinajstić information content (AvgIpc) is 3.27. The standard InChI is InChI=1S/C28H30ClF3N8O2/c1-38(2)12-13-39(3)23-16-24(42-5)21(15-20(23)34-25(41)8-10-29)37-27-33-11-9-18(36-27)26-35-19-14-17(28(30,31)32)6-7-22(19)40(26)4/h6-11,14-16H,12-13H2,1-5H3,(H,34,41)(H,33,36,37). The van der Waals surface area contributed by atoms with Gasteiger partial charge in [0.2, 0.25) is 11.9 Å². The number of amides is 1. The van der Waals surface area contributed by atoms with Gasteiger partial charge in [0, 0.05) is 51.1 Å². The number of carbonyl (C=O) groups excluding carboxylic acids is 1. The van der Waals surface area contributed by atoms with E-state index < -0.39 is 17.6 Å². The van der Waals surface area contributed by atoms with Crippen LogP contribution in [0.5, 0.6) is 5.75 Å². The van der Waals surface area contributed by atoms with Crippen molar-refractivity contribution in [2.45, 2.75) is 6.18 Å². The summed E-state index contributed by atoms with van der Waals surface area (Å²) in [4.78, 5) is 29.7. The second kappa shape index (κ2) is 12.7. The van der Waals surface area contributed by atoms with Crippen molar-refractivity contribution in [2.75, 3.05) is 56.9 Å². The Labute approximate surface area is 245 Å². The lowest BCUT2D eigenvalue weighted by Crippen LogP contribution is -2.29. The Bertz CT molecular complexity index is 1620. The third kappa shape index (κ3) is 6.92. The number of methoxy groups -OCH3 is 1. The van der Waals surface area contributed by atoms with Crippen molar-refractivity contribution in [3.63, 3.8) is 0 Å². The number of halogens is 4. The molecule has 0 atom stereocenters. The number of ether oxygens (including phenoxy) is 1. The van der Waals surface area contributed by atoms with Crippen LogP contribution in [0.15, 0.2) is 54.2 Å². The van der Waals surface area contributed by atoms with Gasteiger partial charge in [-0.05, 0) is 44.4 Å². The summed E-state index contributed by atoms with van der Waals surface area (Å²) in [5, 5.41) is 5.96. The molecule has 2 aromatic heterocycles. The van der Waals surface area contributed by atoms with E-state index in [0.29, 0.717) is 46.4 Å². The van der Waals surface area contributed by atoms with Crippen LogP contribution in [0.3, 0.4) is 0 Å². The van der Waals surface area contributed by atoms with Gasteiger partial charge in [0.1, 0.15) is 11.4 Å². The maximum Gasteiger partial charge on any atom is 0.416 e. The first-order valence-corrected chi connectivity index (χ1v) is 13.1. The Morgan fingerprint density at radius 3 is 2.52 bits per heavy atom. The number of aromatic nitrogens is 4. The molecule has 4 rings (SSSR count). The highest BCUT2D eigenvalue weighted by Gasteiger charge is 2.31. The van der Waals surface area contributed by atoms with Crippen molar-refractivity contribution in [3.8, 4) is 17.3 Å². The van der Waals surface area contributed by atoms with Gasteiger partial charge in [0.05, 0.1) is 40.8 Å². The minimum atomic E-state index is -4.48. The molecule has 2 aromatic carbocycles. The van der Waals surface area contributed by atoms with Crippen LogP contribution in [-0.4, -0.2) is 71.7 Å². The number of benzene rings is 2. The van der Waals surface area contributed by atoms with Crippen LogP contribution in [0.25, 0.3) is 22.6 Å². The van der Waals surface area contributed by atoms with Crippen LogP contribution < -0.4 is 20.3 Å². The van der Waals surface area contributed by atoms with Gasteiger partial charge in [0.25, 0.3) is 0 Å². The van der Waals surface area contributed by atoms with Gasteiger partial charge in [-0.25, -0.2) is 15.0 Å². The van der Waals surface area contributed by atoms with E-state index in [-0.39, 0.29) is 11.5 Å². The van der Waals surface area contributed by atoms with Crippen molar-refractivity contribution in [1.29, 1.82) is 0 Å². The number of rotatable bonds is 10. The van der Waals surface area contributed by atoms with E-state index in [2.05, 4.69) is 25.6 Å². The van der Waals surface area contributed by atoms with E-state index in [4.69, 9.17) is 16.3 Å². The number of hydrogen-bond acceptors (Lipinski definition) is 8. The number of hydrogen-bond donors (Lipinski definition) is 2. The van der Waals surface area contributed by atoms with Crippen LogP contribution in [0.2, 0.25) is 0 Å². The van der Waals surface area contributed by atoms with E-state index in [1.54, 1.807) is 29.8 Å². The van der Waals surface area contributed by atoms with Gasteiger partial charge in [0.15, 0.2) is 5.82 Å². The summed E-state index contributed by atoms with van der Waals surface area (Å²) in [6.07, 6.45) is -1.77. The number of carbonyl (C=O) groups is 1. The van der Waals surface area contributed by atoms with E-state index in [1.165, 1.54) is 25.4 Å². The highest BCUT2D eigenvalue weighted by atomic mass is 35.5.